The van der Waals surface area contributed by atoms with Crippen LogP contribution in [0, 0.1) is 6.92 Å². The lowest BCUT2D eigenvalue weighted by Gasteiger charge is -2.10. The quantitative estimate of drug-likeness (QED) is 0.912. The number of nitrogens with two attached hydrogens (primary N) is 1. The molecular formula is C18H17ClN2O. The smallest absolute Gasteiger partial charge is 0.251 e. The molecule has 0 aliphatic heterocycles. The fourth-order valence-electron chi connectivity index (χ4n) is 2.62. The van der Waals surface area contributed by atoms with Crippen molar-refractivity contribution in [3.8, 4) is 0 Å². The Morgan fingerprint density at radius 1 is 1.32 bits per heavy atom. The first-order valence-electron chi connectivity index (χ1n) is 7.17. The molecule has 0 radical (unpaired) electrons. The van der Waals surface area contributed by atoms with E-state index in [9.17, 15) is 4.79 Å². The Labute approximate surface area is 134 Å². The highest BCUT2D eigenvalue weighted by Gasteiger charge is 2.14. The van der Waals surface area contributed by atoms with Crippen LogP contribution in [0.1, 0.15) is 32.6 Å². The average Bonchev–Trinajstić information content (AvgIpc) is 2.89. The van der Waals surface area contributed by atoms with Gasteiger partial charge in [0.25, 0.3) is 5.91 Å². The van der Waals surface area contributed by atoms with Crippen LogP contribution in [-0.2, 0) is 13.0 Å². The number of hydrogen-bond acceptors (Lipinski definition) is 2. The summed E-state index contributed by atoms with van der Waals surface area (Å²) in [5, 5.41) is 3.64. The molecule has 0 unspecified atom stereocenters. The number of allylic oxidation sites excluding steroid dienone is 1. The van der Waals surface area contributed by atoms with Gasteiger partial charge in [-0.3, -0.25) is 4.79 Å². The maximum absolute atomic E-state index is 12.3. The van der Waals surface area contributed by atoms with Crippen molar-refractivity contribution in [1.29, 1.82) is 0 Å². The van der Waals surface area contributed by atoms with Crippen LogP contribution in [-0.4, -0.2) is 5.91 Å². The summed E-state index contributed by atoms with van der Waals surface area (Å²) in [4.78, 5) is 12.3. The van der Waals surface area contributed by atoms with Crippen LogP contribution in [0.15, 0.2) is 42.5 Å². The van der Waals surface area contributed by atoms with Crippen molar-refractivity contribution in [2.45, 2.75) is 19.9 Å². The molecule has 1 amide bonds. The zero-order valence-corrected chi connectivity index (χ0v) is 13.1. The van der Waals surface area contributed by atoms with E-state index in [2.05, 4.69) is 5.32 Å². The van der Waals surface area contributed by atoms with Gasteiger partial charge in [-0.2, -0.15) is 0 Å². The number of hydrogen-bond donors (Lipinski definition) is 2. The third-order valence-corrected chi connectivity index (χ3v) is 4.45. The summed E-state index contributed by atoms with van der Waals surface area (Å²) < 4.78 is 0. The maximum atomic E-state index is 12.3. The molecule has 112 valence electrons. The zero-order chi connectivity index (χ0) is 15.7. The Kier molecular flexibility index (Phi) is 3.90. The SMILES string of the molecule is Cc1c(Cl)cccc1CNC(=O)c1ccc2c(c1)C(N)=CC2. The predicted octanol–water partition coefficient (Wildman–Crippen LogP) is 3.43. The van der Waals surface area contributed by atoms with Gasteiger partial charge in [0.2, 0.25) is 0 Å². The number of carbonyl (C=O) groups is 1. The lowest BCUT2D eigenvalue weighted by Crippen LogP contribution is -2.23. The van der Waals surface area contributed by atoms with Gasteiger partial charge < -0.3 is 11.1 Å². The van der Waals surface area contributed by atoms with E-state index in [0.29, 0.717) is 17.1 Å². The molecule has 0 aromatic heterocycles. The van der Waals surface area contributed by atoms with Gasteiger partial charge in [0, 0.05) is 28.4 Å². The summed E-state index contributed by atoms with van der Waals surface area (Å²) in [6.45, 7) is 2.40. The molecule has 0 spiro atoms. The van der Waals surface area contributed by atoms with E-state index < -0.39 is 0 Å². The Bertz CT molecular complexity index is 781. The highest BCUT2D eigenvalue weighted by Crippen LogP contribution is 2.25. The molecule has 0 atom stereocenters. The standard InChI is InChI=1S/C18H17ClN2O/c1-11-14(3-2-4-16(11)19)10-21-18(22)13-6-5-12-7-8-17(20)15(12)9-13/h2-6,8-9H,7,10,20H2,1H3,(H,21,22). The lowest BCUT2D eigenvalue weighted by molar-refractivity contribution is 0.0951. The van der Waals surface area contributed by atoms with E-state index in [1.54, 1.807) is 0 Å². The number of nitrogens with one attached hydrogen (secondary N) is 1. The molecule has 0 saturated carbocycles. The van der Waals surface area contributed by atoms with Gasteiger partial charge in [-0.1, -0.05) is 35.9 Å². The first kappa shape index (κ1) is 14.7. The first-order chi connectivity index (χ1) is 10.6. The van der Waals surface area contributed by atoms with Gasteiger partial charge in [-0.15, -0.1) is 0 Å². The van der Waals surface area contributed by atoms with Crippen LogP contribution in [0.2, 0.25) is 5.02 Å². The molecular weight excluding hydrogens is 296 g/mol. The summed E-state index contributed by atoms with van der Waals surface area (Å²) >= 11 is 6.09. The van der Waals surface area contributed by atoms with Crippen molar-refractivity contribution in [2.75, 3.05) is 0 Å². The Hall–Kier alpha value is -2.26. The van der Waals surface area contributed by atoms with Crippen LogP contribution in [0.5, 0.6) is 0 Å². The number of fused-ring (bicyclic) bond motifs is 1. The maximum Gasteiger partial charge on any atom is 0.251 e. The fourth-order valence-corrected chi connectivity index (χ4v) is 2.81. The summed E-state index contributed by atoms with van der Waals surface area (Å²) in [7, 11) is 0. The molecule has 0 fully saturated rings. The molecule has 4 heteroatoms. The molecule has 3 nitrogen and oxygen atoms in total. The van der Waals surface area contributed by atoms with Crippen LogP contribution >= 0.6 is 11.6 Å². The van der Waals surface area contributed by atoms with Gasteiger partial charge in [0.1, 0.15) is 0 Å². The van der Waals surface area contributed by atoms with Crippen LogP contribution < -0.4 is 11.1 Å². The average molecular weight is 313 g/mol. The molecule has 3 N–H and O–H groups in total. The van der Waals surface area contributed by atoms with Crippen molar-refractivity contribution in [2.24, 2.45) is 5.73 Å². The van der Waals surface area contributed by atoms with Crippen molar-refractivity contribution in [3.63, 3.8) is 0 Å². The Balaban J connectivity index is 1.74. The van der Waals surface area contributed by atoms with Crippen LogP contribution in [0.25, 0.3) is 5.70 Å². The lowest BCUT2D eigenvalue weighted by atomic mass is 10.0. The van der Waals surface area contributed by atoms with E-state index in [4.69, 9.17) is 17.3 Å². The summed E-state index contributed by atoms with van der Waals surface area (Å²) in [5.74, 6) is -0.109. The summed E-state index contributed by atoms with van der Waals surface area (Å²) in [5.41, 5.74) is 11.4. The second kappa shape index (κ2) is 5.85. The van der Waals surface area contributed by atoms with Gasteiger partial charge in [0.15, 0.2) is 0 Å². The molecule has 2 aromatic rings. The third-order valence-electron chi connectivity index (χ3n) is 4.04. The monoisotopic (exact) mass is 312 g/mol. The van der Waals surface area contributed by atoms with Gasteiger partial charge in [-0.25, -0.2) is 0 Å². The number of carbonyl (C=O) groups excluding carboxylic acids is 1. The van der Waals surface area contributed by atoms with Crippen LogP contribution in [0.4, 0.5) is 0 Å². The van der Waals surface area contributed by atoms with Crippen molar-refractivity contribution in [3.05, 3.63) is 75.3 Å². The number of amides is 1. The Morgan fingerprint density at radius 3 is 2.95 bits per heavy atom. The molecule has 0 heterocycles. The molecule has 22 heavy (non-hydrogen) atoms. The minimum atomic E-state index is -0.109. The van der Waals surface area contributed by atoms with Crippen LogP contribution in [0.3, 0.4) is 0 Å². The summed E-state index contributed by atoms with van der Waals surface area (Å²) in [6.07, 6.45) is 2.81. The first-order valence-corrected chi connectivity index (χ1v) is 7.55. The van der Waals surface area contributed by atoms with Crippen molar-refractivity contribution in [1.82, 2.24) is 5.32 Å². The van der Waals surface area contributed by atoms with Crippen molar-refractivity contribution < 1.29 is 4.79 Å². The molecule has 1 aliphatic carbocycles. The predicted molar refractivity (Wildman–Crippen MR) is 89.7 cm³/mol. The number of rotatable bonds is 3. The van der Waals surface area contributed by atoms with Crippen molar-refractivity contribution >= 4 is 23.2 Å². The molecule has 0 bridgehead atoms. The minimum Gasteiger partial charge on any atom is -0.398 e. The number of halogens is 1. The largest absolute Gasteiger partial charge is 0.398 e. The zero-order valence-electron chi connectivity index (χ0n) is 12.3. The highest BCUT2D eigenvalue weighted by atomic mass is 35.5. The van der Waals surface area contributed by atoms with E-state index in [-0.39, 0.29) is 5.91 Å². The highest BCUT2D eigenvalue weighted by molar-refractivity contribution is 6.31. The minimum absolute atomic E-state index is 0.109. The normalized spacial score (nSPS) is 12.7. The van der Waals surface area contributed by atoms with Gasteiger partial charge >= 0.3 is 0 Å². The van der Waals surface area contributed by atoms with E-state index in [1.807, 2.05) is 49.4 Å². The molecule has 2 aromatic carbocycles. The summed E-state index contributed by atoms with van der Waals surface area (Å²) in [6, 6.07) is 11.4. The fraction of sp³-hybridized carbons (Fsp3) is 0.167. The molecule has 3 rings (SSSR count). The third kappa shape index (κ3) is 2.72. The topological polar surface area (TPSA) is 55.1 Å². The van der Waals surface area contributed by atoms with E-state index in [1.165, 1.54) is 5.56 Å². The van der Waals surface area contributed by atoms with Gasteiger partial charge in [0.05, 0.1) is 0 Å². The van der Waals surface area contributed by atoms with E-state index in [0.717, 1.165) is 28.8 Å². The Morgan fingerprint density at radius 2 is 2.14 bits per heavy atom. The molecule has 1 aliphatic rings. The van der Waals surface area contributed by atoms with E-state index >= 15 is 0 Å². The second-order valence-electron chi connectivity index (χ2n) is 5.44. The number of benzene rings is 2. The van der Waals surface area contributed by atoms with Gasteiger partial charge in [-0.05, 0) is 48.2 Å². The molecule has 0 saturated heterocycles. The second-order valence-corrected chi connectivity index (χ2v) is 5.85.